The van der Waals surface area contributed by atoms with E-state index in [0.29, 0.717) is 25.6 Å². The van der Waals surface area contributed by atoms with Crippen molar-refractivity contribution in [2.75, 3.05) is 26.2 Å². The molecule has 0 aromatic heterocycles. The Balaban J connectivity index is 0.00000320. The number of nitrogens with zero attached hydrogens (tertiary/aromatic N) is 2. The largest absolute Gasteiger partial charge is 0.490 e. The number of hydrogen-bond donors (Lipinski definition) is 2. The molecule has 1 aromatic carbocycles. The molecule has 0 unspecified atom stereocenters. The number of hydrogen-bond acceptors (Lipinski definition) is 3. The minimum atomic E-state index is 0. The predicted molar refractivity (Wildman–Crippen MR) is 133 cm³/mol. The summed E-state index contributed by atoms with van der Waals surface area (Å²) in [6.07, 6.45) is 7.91. The third-order valence-electron chi connectivity index (χ3n) is 5.66. The fraction of sp³-hybridized carbons (Fsp3) is 0.652. The van der Waals surface area contributed by atoms with Crippen LogP contribution in [0.1, 0.15) is 63.0 Å². The lowest BCUT2D eigenvalue weighted by atomic mass is 10.1. The summed E-state index contributed by atoms with van der Waals surface area (Å²) < 4.78 is 6.29. The molecule has 168 valence electrons. The van der Waals surface area contributed by atoms with Gasteiger partial charge in [0.2, 0.25) is 5.91 Å². The van der Waals surface area contributed by atoms with Crippen LogP contribution in [-0.2, 0) is 11.3 Å². The van der Waals surface area contributed by atoms with E-state index in [1.54, 1.807) is 0 Å². The Labute approximate surface area is 198 Å². The molecule has 1 aliphatic heterocycles. The van der Waals surface area contributed by atoms with Crippen molar-refractivity contribution in [3.63, 3.8) is 0 Å². The van der Waals surface area contributed by atoms with E-state index in [0.717, 1.165) is 62.6 Å². The van der Waals surface area contributed by atoms with E-state index in [-0.39, 0.29) is 29.9 Å². The number of benzene rings is 1. The molecule has 3 rings (SSSR count). The molecule has 0 atom stereocenters. The quantitative estimate of drug-likeness (QED) is 0.304. The Bertz CT molecular complexity index is 698. The van der Waals surface area contributed by atoms with Gasteiger partial charge in [0.1, 0.15) is 5.75 Å². The first-order chi connectivity index (χ1) is 14.2. The Morgan fingerprint density at radius 2 is 1.90 bits per heavy atom. The molecule has 1 amide bonds. The summed E-state index contributed by atoms with van der Waals surface area (Å²) in [6.45, 7) is 7.89. The maximum atomic E-state index is 12.2. The van der Waals surface area contributed by atoms with Crippen molar-refractivity contribution in [3.8, 4) is 5.75 Å². The molecule has 1 aliphatic carbocycles. The van der Waals surface area contributed by atoms with E-state index in [1.165, 1.54) is 18.4 Å². The summed E-state index contributed by atoms with van der Waals surface area (Å²) in [4.78, 5) is 18.9. The second-order valence-electron chi connectivity index (χ2n) is 8.10. The third kappa shape index (κ3) is 7.63. The van der Waals surface area contributed by atoms with Gasteiger partial charge in [0.25, 0.3) is 0 Å². The first-order valence-corrected chi connectivity index (χ1v) is 11.2. The number of likely N-dealkylation sites (tertiary alicyclic amines) is 1. The van der Waals surface area contributed by atoms with Gasteiger partial charge < -0.3 is 20.3 Å². The topological polar surface area (TPSA) is 66.0 Å². The second kappa shape index (κ2) is 13.0. The molecule has 0 radical (unpaired) electrons. The molecule has 0 spiro atoms. The molecule has 6 nitrogen and oxygen atoms in total. The minimum Gasteiger partial charge on any atom is -0.490 e. The van der Waals surface area contributed by atoms with E-state index >= 15 is 0 Å². The van der Waals surface area contributed by atoms with Gasteiger partial charge >= 0.3 is 0 Å². The zero-order chi connectivity index (χ0) is 20.5. The lowest BCUT2D eigenvalue weighted by Gasteiger charge is -2.18. The van der Waals surface area contributed by atoms with Gasteiger partial charge in [-0.15, -0.1) is 24.0 Å². The van der Waals surface area contributed by atoms with Crippen LogP contribution in [-0.4, -0.2) is 49.0 Å². The summed E-state index contributed by atoms with van der Waals surface area (Å²) >= 11 is 0. The molecule has 30 heavy (non-hydrogen) atoms. The van der Waals surface area contributed by atoms with E-state index in [1.807, 2.05) is 11.8 Å². The van der Waals surface area contributed by atoms with E-state index in [4.69, 9.17) is 9.73 Å². The normalized spacial score (nSPS) is 17.0. The molecule has 1 aromatic rings. The zero-order valence-electron chi connectivity index (χ0n) is 18.4. The molecule has 7 heteroatoms. The number of aryl methyl sites for hydroxylation is 1. The van der Waals surface area contributed by atoms with Gasteiger partial charge in [-0.05, 0) is 64.0 Å². The number of carbonyl (C=O) groups excluding carboxylic acids is 1. The summed E-state index contributed by atoms with van der Waals surface area (Å²) in [5.74, 6) is 1.94. The maximum absolute atomic E-state index is 12.2. The van der Waals surface area contributed by atoms with Crippen molar-refractivity contribution < 1.29 is 9.53 Å². The number of guanidine groups is 1. The summed E-state index contributed by atoms with van der Waals surface area (Å²) in [5, 5.41) is 6.57. The van der Waals surface area contributed by atoms with Gasteiger partial charge in [-0.25, -0.2) is 4.99 Å². The highest BCUT2D eigenvalue weighted by Crippen LogP contribution is 2.28. The van der Waals surface area contributed by atoms with Gasteiger partial charge in [0, 0.05) is 38.2 Å². The molecular formula is C23H37IN4O2. The molecule has 0 bridgehead atoms. The number of aliphatic imine (C=N–C) groups is 1. The second-order valence-corrected chi connectivity index (χ2v) is 8.10. The Morgan fingerprint density at radius 1 is 1.17 bits per heavy atom. The molecular weight excluding hydrogens is 491 g/mol. The van der Waals surface area contributed by atoms with Crippen molar-refractivity contribution in [1.29, 1.82) is 0 Å². The average molecular weight is 528 g/mol. The van der Waals surface area contributed by atoms with Crippen molar-refractivity contribution in [3.05, 3.63) is 29.3 Å². The minimum absolute atomic E-state index is 0. The highest BCUT2D eigenvalue weighted by Gasteiger charge is 2.19. The number of halogens is 1. The van der Waals surface area contributed by atoms with Crippen LogP contribution < -0.4 is 15.4 Å². The van der Waals surface area contributed by atoms with Crippen molar-refractivity contribution in [1.82, 2.24) is 15.5 Å². The van der Waals surface area contributed by atoms with Gasteiger partial charge in [-0.3, -0.25) is 4.79 Å². The molecule has 1 saturated carbocycles. The smallest absolute Gasteiger partial charge is 0.224 e. The highest BCUT2D eigenvalue weighted by atomic mass is 127. The molecule has 2 fully saturated rings. The summed E-state index contributed by atoms with van der Waals surface area (Å²) in [6, 6.07) is 6.35. The van der Waals surface area contributed by atoms with E-state index in [2.05, 4.69) is 35.8 Å². The number of nitrogens with one attached hydrogen (secondary N) is 2. The predicted octanol–water partition coefficient (Wildman–Crippen LogP) is 4.00. The Hall–Kier alpha value is -1.51. The first kappa shape index (κ1) is 24.8. The van der Waals surface area contributed by atoms with Crippen molar-refractivity contribution in [2.24, 2.45) is 4.99 Å². The molecule has 1 heterocycles. The fourth-order valence-electron chi connectivity index (χ4n) is 4.01. The summed E-state index contributed by atoms with van der Waals surface area (Å²) in [7, 11) is 0. The monoisotopic (exact) mass is 528 g/mol. The van der Waals surface area contributed by atoms with Crippen LogP contribution in [0.4, 0.5) is 0 Å². The Morgan fingerprint density at radius 3 is 2.60 bits per heavy atom. The van der Waals surface area contributed by atoms with Crippen LogP contribution >= 0.6 is 24.0 Å². The van der Waals surface area contributed by atoms with Crippen LogP contribution in [0.25, 0.3) is 0 Å². The van der Waals surface area contributed by atoms with E-state index in [9.17, 15) is 4.79 Å². The number of amides is 1. The maximum Gasteiger partial charge on any atom is 0.224 e. The lowest BCUT2D eigenvalue weighted by Crippen LogP contribution is -2.39. The summed E-state index contributed by atoms with van der Waals surface area (Å²) in [5.41, 5.74) is 2.31. The molecule has 2 N–H and O–H groups in total. The van der Waals surface area contributed by atoms with Gasteiger partial charge in [0.15, 0.2) is 5.96 Å². The van der Waals surface area contributed by atoms with Crippen LogP contribution in [0.2, 0.25) is 0 Å². The third-order valence-corrected chi connectivity index (χ3v) is 5.66. The lowest BCUT2D eigenvalue weighted by molar-refractivity contribution is -0.129. The van der Waals surface area contributed by atoms with Gasteiger partial charge in [-0.2, -0.15) is 0 Å². The van der Waals surface area contributed by atoms with Gasteiger partial charge in [-0.1, -0.05) is 12.1 Å². The SMILES string of the molecule is CCNC(=NCc1ccc(C)cc1OC1CCCC1)NCCC(=O)N1CCCC1.I. The van der Waals surface area contributed by atoms with Crippen molar-refractivity contribution in [2.45, 2.75) is 71.4 Å². The van der Waals surface area contributed by atoms with Crippen LogP contribution in [0, 0.1) is 6.92 Å². The van der Waals surface area contributed by atoms with Gasteiger partial charge in [0.05, 0.1) is 12.6 Å². The van der Waals surface area contributed by atoms with Crippen LogP contribution in [0.3, 0.4) is 0 Å². The number of rotatable bonds is 8. The highest BCUT2D eigenvalue weighted by molar-refractivity contribution is 14.0. The first-order valence-electron chi connectivity index (χ1n) is 11.2. The fourth-order valence-corrected chi connectivity index (χ4v) is 4.01. The average Bonchev–Trinajstić information content (AvgIpc) is 3.41. The van der Waals surface area contributed by atoms with Crippen LogP contribution in [0.5, 0.6) is 5.75 Å². The molecule has 2 aliphatic rings. The molecule has 1 saturated heterocycles. The number of ether oxygens (including phenoxy) is 1. The van der Waals surface area contributed by atoms with Crippen LogP contribution in [0.15, 0.2) is 23.2 Å². The Kier molecular flexibility index (Phi) is 10.7. The van der Waals surface area contributed by atoms with E-state index < -0.39 is 0 Å². The number of carbonyl (C=O) groups is 1. The standard InChI is InChI=1S/C23H36N4O2.HI/c1-3-24-23(25-13-12-22(28)27-14-6-7-15-27)26-17-19-11-10-18(2)16-21(19)29-20-8-4-5-9-20;/h10-11,16,20H,3-9,12-15,17H2,1-2H3,(H2,24,25,26);1H. The zero-order valence-corrected chi connectivity index (χ0v) is 20.7. The van der Waals surface area contributed by atoms with Crippen molar-refractivity contribution >= 4 is 35.8 Å².